The van der Waals surface area contributed by atoms with Crippen LogP contribution in [0.2, 0.25) is 0 Å². The lowest BCUT2D eigenvalue weighted by molar-refractivity contribution is 0.271. The molecule has 0 atom stereocenters. The van der Waals surface area contributed by atoms with E-state index >= 15 is 0 Å². The zero-order valence-corrected chi connectivity index (χ0v) is 7.88. The standard InChI is InChI=1S/C9H15N3O/c1-9(4-2-3-5-9)8-10-7(6-13)11-12-8/h13H,2-6H2,1H3,(H,10,11,12). The molecule has 0 unspecified atom stereocenters. The van der Waals surface area contributed by atoms with Crippen LogP contribution in [0.3, 0.4) is 0 Å². The summed E-state index contributed by atoms with van der Waals surface area (Å²) < 4.78 is 0. The third-order valence-electron chi connectivity index (χ3n) is 2.93. The largest absolute Gasteiger partial charge is 0.388 e. The van der Waals surface area contributed by atoms with Gasteiger partial charge in [-0.05, 0) is 12.8 Å². The Morgan fingerprint density at radius 3 is 2.69 bits per heavy atom. The average molecular weight is 181 g/mol. The van der Waals surface area contributed by atoms with Crippen LogP contribution in [0, 0.1) is 0 Å². The Hall–Kier alpha value is -0.900. The van der Waals surface area contributed by atoms with Crippen LogP contribution in [0.15, 0.2) is 0 Å². The molecule has 0 amide bonds. The highest BCUT2D eigenvalue weighted by Crippen LogP contribution is 2.38. The fourth-order valence-corrected chi connectivity index (χ4v) is 2.01. The molecule has 1 aromatic heterocycles. The van der Waals surface area contributed by atoms with Crippen LogP contribution in [-0.4, -0.2) is 20.3 Å². The molecule has 0 aliphatic heterocycles. The molecule has 1 fully saturated rings. The van der Waals surface area contributed by atoms with Gasteiger partial charge in [0.1, 0.15) is 12.4 Å². The molecule has 2 rings (SSSR count). The van der Waals surface area contributed by atoms with Gasteiger partial charge in [-0.1, -0.05) is 19.8 Å². The zero-order chi connectivity index (χ0) is 9.31. The molecular weight excluding hydrogens is 166 g/mol. The van der Waals surface area contributed by atoms with Gasteiger partial charge in [0.25, 0.3) is 0 Å². The molecule has 0 radical (unpaired) electrons. The monoisotopic (exact) mass is 181 g/mol. The van der Waals surface area contributed by atoms with Crippen LogP contribution in [0.4, 0.5) is 0 Å². The summed E-state index contributed by atoms with van der Waals surface area (Å²) in [4.78, 5) is 4.27. The fraction of sp³-hybridized carbons (Fsp3) is 0.778. The molecule has 72 valence electrons. The number of aliphatic hydroxyl groups excluding tert-OH is 1. The summed E-state index contributed by atoms with van der Waals surface area (Å²) in [6.07, 6.45) is 4.85. The Morgan fingerprint density at radius 1 is 1.46 bits per heavy atom. The number of H-pyrrole nitrogens is 1. The van der Waals surface area contributed by atoms with Crippen LogP contribution in [-0.2, 0) is 12.0 Å². The summed E-state index contributed by atoms with van der Waals surface area (Å²) >= 11 is 0. The van der Waals surface area contributed by atoms with E-state index in [9.17, 15) is 0 Å². The minimum absolute atomic E-state index is 0.0525. The minimum atomic E-state index is -0.0525. The van der Waals surface area contributed by atoms with Gasteiger partial charge in [-0.25, -0.2) is 4.98 Å². The van der Waals surface area contributed by atoms with E-state index in [1.807, 2.05) is 0 Å². The number of aromatic amines is 1. The van der Waals surface area contributed by atoms with Gasteiger partial charge in [-0.15, -0.1) is 0 Å². The minimum Gasteiger partial charge on any atom is -0.388 e. The first-order valence-corrected chi connectivity index (χ1v) is 4.77. The lowest BCUT2D eigenvalue weighted by atomic mass is 9.88. The molecule has 2 N–H and O–H groups in total. The van der Waals surface area contributed by atoms with Crippen LogP contribution < -0.4 is 0 Å². The van der Waals surface area contributed by atoms with Crippen molar-refractivity contribution in [3.05, 3.63) is 11.6 Å². The van der Waals surface area contributed by atoms with Crippen LogP contribution in [0.5, 0.6) is 0 Å². The molecule has 1 aromatic rings. The SMILES string of the molecule is CC1(c2n[nH]c(CO)n2)CCCC1. The molecule has 1 aliphatic carbocycles. The number of nitrogens with zero attached hydrogens (tertiary/aromatic N) is 2. The fourth-order valence-electron chi connectivity index (χ4n) is 2.01. The van der Waals surface area contributed by atoms with Crippen molar-refractivity contribution in [2.24, 2.45) is 0 Å². The van der Waals surface area contributed by atoms with E-state index in [0.29, 0.717) is 5.82 Å². The first kappa shape index (κ1) is 8.69. The molecule has 1 aliphatic rings. The normalized spacial score (nSPS) is 20.8. The quantitative estimate of drug-likeness (QED) is 0.719. The lowest BCUT2D eigenvalue weighted by Crippen LogP contribution is -2.18. The van der Waals surface area contributed by atoms with Gasteiger partial charge in [0.15, 0.2) is 5.82 Å². The molecule has 0 spiro atoms. The first-order chi connectivity index (χ1) is 6.24. The van der Waals surface area contributed by atoms with E-state index in [4.69, 9.17) is 5.11 Å². The summed E-state index contributed by atoms with van der Waals surface area (Å²) in [5, 5.41) is 15.7. The predicted molar refractivity (Wildman–Crippen MR) is 48.1 cm³/mol. The van der Waals surface area contributed by atoms with Gasteiger partial charge in [0.2, 0.25) is 0 Å². The Morgan fingerprint density at radius 2 is 2.15 bits per heavy atom. The number of aliphatic hydroxyl groups is 1. The third kappa shape index (κ3) is 1.46. The molecule has 4 heteroatoms. The third-order valence-corrected chi connectivity index (χ3v) is 2.93. The van der Waals surface area contributed by atoms with Crippen molar-refractivity contribution < 1.29 is 5.11 Å². The van der Waals surface area contributed by atoms with E-state index in [0.717, 1.165) is 18.7 Å². The second-order valence-electron chi connectivity index (χ2n) is 4.03. The summed E-state index contributed by atoms with van der Waals surface area (Å²) in [5.74, 6) is 1.44. The maximum Gasteiger partial charge on any atom is 0.156 e. The Kier molecular flexibility index (Phi) is 2.07. The van der Waals surface area contributed by atoms with Gasteiger partial charge >= 0.3 is 0 Å². The molecular formula is C9H15N3O. The molecule has 0 aromatic carbocycles. The van der Waals surface area contributed by atoms with Crippen LogP contribution >= 0.6 is 0 Å². The van der Waals surface area contributed by atoms with Crippen molar-refractivity contribution >= 4 is 0 Å². The van der Waals surface area contributed by atoms with Gasteiger partial charge in [-0.3, -0.25) is 5.10 Å². The smallest absolute Gasteiger partial charge is 0.156 e. The number of nitrogens with one attached hydrogen (secondary N) is 1. The zero-order valence-electron chi connectivity index (χ0n) is 7.88. The number of aromatic nitrogens is 3. The van der Waals surface area contributed by atoms with Crippen molar-refractivity contribution in [3.63, 3.8) is 0 Å². The first-order valence-electron chi connectivity index (χ1n) is 4.77. The second-order valence-corrected chi connectivity index (χ2v) is 4.03. The molecule has 0 bridgehead atoms. The summed E-state index contributed by atoms with van der Waals surface area (Å²) in [6, 6.07) is 0. The predicted octanol–water partition coefficient (Wildman–Crippen LogP) is 1.13. The highest BCUT2D eigenvalue weighted by Gasteiger charge is 2.34. The molecule has 1 heterocycles. The van der Waals surface area contributed by atoms with Crippen molar-refractivity contribution in [2.45, 2.75) is 44.6 Å². The molecule has 13 heavy (non-hydrogen) atoms. The Bertz CT molecular complexity index is 289. The maximum absolute atomic E-state index is 8.84. The van der Waals surface area contributed by atoms with Gasteiger partial charge in [0.05, 0.1) is 0 Å². The lowest BCUT2D eigenvalue weighted by Gasteiger charge is -2.18. The van der Waals surface area contributed by atoms with Crippen LogP contribution in [0.25, 0.3) is 0 Å². The van der Waals surface area contributed by atoms with Crippen molar-refractivity contribution in [3.8, 4) is 0 Å². The summed E-state index contributed by atoms with van der Waals surface area (Å²) in [7, 11) is 0. The van der Waals surface area contributed by atoms with Gasteiger partial charge in [-0.2, -0.15) is 5.10 Å². The maximum atomic E-state index is 8.84. The van der Waals surface area contributed by atoms with E-state index in [1.54, 1.807) is 0 Å². The van der Waals surface area contributed by atoms with Crippen LogP contribution in [0.1, 0.15) is 44.3 Å². The van der Waals surface area contributed by atoms with E-state index in [2.05, 4.69) is 22.1 Å². The number of hydrogen-bond acceptors (Lipinski definition) is 3. The highest BCUT2D eigenvalue weighted by atomic mass is 16.3. The topological polar surface area (TPSA) is 61.8 Å². The van der Waals surface area contributed by atoms with Gasteiger partial charge < -0.3 is 5.11 Å². The van der Waals surface area contributed by atoms with Crippen molar-refractivity contribution in [1.82, 2.24) is 15.2 Å². The number of rotatable bonds is 2. The van der Waals surface area contributed by atoms with E-state index in [1.165, 1.54) is 12.8 Å². The molecule has 0 saturated heterocycles. The Labute approximate surface area is 77.4 Å². The summed E-state index contributed by atoms with van der Waals surface area (Å²) in [6.45, 7) is 2.15. The Balaban J connectivity index is 2.23. The number of hydrogen-bond donors (Lipinski definition) is 2. The van der Waals surface area contributed by atoms with E-state index in [-0.39, 0.29) is 12.0 Å². The highest BCUT2D eigenvalue weighted by molar-refractivity contribution is 5.08. The van der Waals surface area contributed by atoms with Crippen molar-refractivity contribution in [2.75, 3.05) is 0 Å². The summed E-state index contributed by atoms with van der Waals surface area (Å²) in [5.41, 5.74) is 0.143. The average Bonchev–Trinajstić information content (AvgIpc) is 2.72. The molecule has 4 nitrogen and oxygen atoms in total. The van der Waals surface area contributed by atoms with Gasteiger partial charge in [0, 0.05) is 5.41 Å². The molecule has 1 saturated carbocycles. The van der Waals surface area contributed by atoms with Crippen molar-refractivity contribution in [1.29, 1.82) is 0 Å². The van der Waals surface area contributed by atoms with E-state index < -0.39 is 0 Å². The second kappa shape index (κ2) is 3.10.